The highest BCUT2D eigenvalue weighted by atomic mass is 35.5. The number of carbonyl (C=O) groups is 1. The largest absolute Gasteiger partial charge is 0.393 e. The number of pyridine rings is 1. The summed E-state index contributed by atoms with van der Waals surface area (Å²) in [6, 6.07) is 11.1. The fraction of sp³-hybridized carbons (Fsp3) is 0.143. The standard InChI is InChI=1S/C21H16ClF3N2O4S/c1-13-17(3-2-10-27(13)29)20(28)18-11-15(22)6-9-19(18)26-32(30,31)16-7-4-14(5-8-16)12-21(23,24)25/h2-11H,12H2,1H3,(H-,26,28,29)/p+1. The van der Waals surface area contributed by atoms with E-state index in [0.717, 1.165) is 29.0 Å². The summed E-state index contributed by atoms with van der Waals surface area (Å²) in [5.74, 6) is -0.591. The molecular formula is C21H17ClF3N2O4S+. The van der Waals surface area contributed by atoms with Crippen LogP contribution in [0.4, 0.5) is 18.9 Å². The topological polar surface area (TPSA) is 87.4 Å². The first-order chi connectivity index (χ1) is 14.9. The molecule has 11 heteroatoms. The Morgan fingerprint density at radius 1 is 1.09 bits per heavy atom. The molecule has 2 aromatic carbocycles. The molecule has 0 bridgehead atoms. The van der Waals surface area contributed by atoms with E-state index < -0.39 is 28.4 Å². The predicted molar refractivity (Wildman–Crippen MR) is 110 cm³/mol. The number of nitrogens with one attached hydrogen (secondary N) is 1. The zero-order valence-electron chi connectivity index (χ0n) is 16.5. The number of carbonyl (C=O) groups excluding carboxylic acids is 1. The average Bonchev–Trinajstić information content (AvgIpc) is 2.70. The van der Waals surface area contributed by atoms with Crippen molar-refractivity contribution in [1.29, 1.82) is 0 Å². The molecule has 0 amide bonds. The first-order valence-electron chi connectivity index (χ1n) is 9.11. The van der Waals surface area contributed by atoms with Gasteiger partial charge in [0.05, 0.1) is 22.6 Å². The van der Waals surface area contributed by atoms with Crippen molar-refractivity contribution in [1.82, 2.24) is 0 Å². The van der Waals surface area contributed by atoms with E-state index >= 15 is 0 Å². The van der Waals surface area contributed by atoms with Crippen LogP contribution < -0.4 is 9.45 Å². The lowest BCUT2D eigenvalue weighted by molar-refractivity contribution is -0.908. The number of aromatic nitrogens is 1. The number of halogens is 4. The van der Waals surface area contributed by atoms with Crippen LogP contribution in [0.2, 0.25) is 5.02 Å². The van der Waals surface area contributed by atoms with Crippen LogP contribution in [-0.4, -0.2) is 25.6 Å². The minimum atomic E-state index is -4.42. The number of benzene rings is 2. The molecule has 2 N–H and O–H groups in total. The molecule has 6 nitrogen and oxygen atoms in total. The minimum Gasteiger partial charge on any atom is -0.288 e. The minimum absolute atomic E-state index is 0.0657. The van der Waals surface area contributed by atoms with Gasteiger partial charge in [-0.05, 0) is 42.0 Å². The third kappa shape index (κ3) is 5.38. The first kappa shape index (κ1) is 23.6. The molecule has 0 fully saturated rings. The molecule has 1 aromatic heterocycles. The van der Waals surface area contributed by atoms with Crippen molar-refractivity contribution in [3.8, 4) is 0 Å². The van der Waals surface area contributed by atoms with E-state index in [9.17, 15) is 31.6 Å². The summed E-state index contributed by atoms with van der Waals surface area (Å²) in [5.41, 5.74) is 0.118. The van der Waals surface area contributed by atoms with Crippen LogP contribution in [0.5, 0.6) is 0 Å². The van der Waals surface area contributed by atoms with Gasteiger partial charge in [0.15, 0.2) is 0 Å². The number of hydrogen-bond donors (Lipinski definition) is 2. The number of ketones is 1. The van der Waals surface area contributed by atoms with Crippen molar-refractivity contribution in [3.05, 3.63) is 88.2 Å². The Hall–Kier alpha value is -3.11. The number of sulfonamides is 1. The number of rotatable bonds is 6. The van der Waals surface area contributed by atoms with Crippen LogP contribution in [-0.2, 0) is 16.4 Å². The molecule has 0 radical (unpaired) electrons. The van der Waals surface area contributed by atoms with Gasteiger partial charge in [-0.1, -0.05) is 23.7 Å². The van der Waals surface area contributed by atoms with Gasteiger partial charge in [0.2, 0.25) is 17.7 Å². The SMILES string of the molecule is Cc1c(C(=O)c2cc(Cl)ccc2NS(=O)(=O)c2ccc(CC(F)(F)F)cc2)ccc[n+]1O. The Morgan fingerprint density at radius 2 is 1.75 bits per heavy atom. The van der Waals surface area contributed by atoms with E-state index in [2.05, 4.69) is 4.72 Å². The normalized spacial score (nSPS) is 11.9. The third-order valence-electron chi connectivity index (χ3n) is 4.58. The number of hydrogen-bond acceptors (Lipinski definition) is 4. The molecule has 168 valence electrons. The van der Waals surface area contributed by atoms with E-state index in [4.69, 9.17) is 11.6 Å². The highest BCUT2D eigenvalue weighted by Gasteiger charge is 2.28. The predicted octanol–water partition coefficient (Wildman–Crippen LogP) is 4.31. The maximum absolute atomic E-state index is 13.1. The van der Waals surface area contributed by atoms with E-state index in [1.807, 2.05) is 0 Å². The Balaban J connectivity index is 1.95. The first-order valence-corrected chi connectivity index (χ1v) is 11.0. The van der Waals surface area contributed by atoms with Crippen LogP contribution in [0.3, 0.4) is 0 Å². The lowest BCUT2D eigenvalue weighted by Crippen LogP contribution is -2.35. The fourth-order valence-electron chi connectivity index (χ4n) is 2.98. The quantitative estimate of drug-likeness (QED) is 0.309. The van der Waals surface area contributed by atoms with Crippen molar-refractivity contribution in [2.45, 2.75) is 24.4 Å². The van der Waals surface area contributed by atoms with Gasteiger partial charge in [0.25, 0.3) is 10.0 Å². The molecule has 0 saturated heterocycles. The van der Waals surface area contributed by atoms with Crippen LogP contribution in [0, 0.1) is 6.92 Å². The van der Waals surface area contributed by atoms with E-state index in [1.54, 1.807) is 0 Å². The zero-order chi connectivity index (χ0) is 23.7. The smallest absolute Gasteiger partial charge is 0.288 e. The third-order valence-corrected chi connectivity index (χ3v) is 6.19. The van der Waals surface area contributed by atoms with Gasteiger partial charge in [-0.15, -0.1) is 0 Å². The maximum Gasteiger partial charge on any atom is 0.393 e. The van der Waals surface area contributed by atoms with Gasteiger partial charge in [-0.2, -0.15) is 13.2 Å². The van der Waals surface area contributed by atoms with E-state index in [1.165, 1.54) is 43.5 Å². The van der Waals surface area contributed by atoms with Crippen molar-refractivity contribution in [2.24, 2.45) is 0 Å². The lowest BCUT2D eigenvalue weighted by Gasteiger charge is -2.13. The summed E-state index contributed by atoms with van der Waals surface area (Å²) in [7, 11) is -4.22. The van der Waals surface area contributed by atoms with Crippen LogP contribution in [0.25, 0.3) is 0 Å². The van der Waals surface area contributed by atoms with Gasteiger partial charge in [-0.3, -0.25) is 14.7 Å². The van der Waals surface area contributed by atoms with Crippen molar-refractivity contribution in [2.75, 3.05) is 4.72 Å². The second-order valence-corrected chi connectivity index (χ2v) is 9.03. The Labute approximate surface area is 186 Å². The van der Waals surface area contributed by atoms with Crippen molar-refractivity contribution in [3.63, 3.8) is 0 Å². The molecule has 0 aliphatic heterocycles. The Morgan fingerprint density at radius 3 is 2.38 bits per heavy atom. The molecule has 3 aromatic rings. The Bertz CT molecular complexity index is 1280. The second-order valence-electron chi connectivity index (χ2n) is 6.91. The molecule has 0 atom stereocenters. The van der Waals surface area contributed by atoms with E-state index in [0.29, 0.717) is 0 Å². The van der Waals surface area contributed by atoms with Gasteiger partial charge in [0.1, 0.15) is 0 Å². The summed E-state index contributed by atoms with van der Waals surface area (Å²) in [5, 5.41) is 9.98. The summed E-state index contributed by atoms with van der Waals surface area (Å²) >= 11 is 6.00. The van der Waals surface area contributed by atoms with Crippen LogP contribution in [0.1, 0.15) is 27.2 Å². The molecule has 0 unspecified atom stereocenters. The fourth-order valence-corrected chi connectivity index (χ4v) is 4.23. The Kier molecular flexibility index (Phi) is 6.47. The molecule has 0 spiro atoms. The average molecular weight is 486 g/mol. The summed E-state index contributed by atoms with van der Waals surface area (Å²) in [6.07, 6.45) is -4.27. The number of alkyl halides is 3. The van der Waals surface area contributed by atoms with Gasteiger partial charge in [-0.25, -0.2) is 8.42 Å². The van der Waals surface area contributed by atoms with Crippen LogP contribution in [0.15, 0.2) is 65.7 Å². The monoisotopic (exact) mass is 485 g/mol. The highest BCUT2D eigenvalue weighted by Crippen LogP contribution is 2.27. The van der Waals surface area contributed by atoms with Gasteiger partial charge in [0, 0.05) is 28.3 Å². The molecule has 3 rings (SSSR count). The van der Waals surface area contributed by atoms with Crippen molar-refractivity contribution < 1.29 is 36.3 Å². The molecule has 0 aliphatic rings. The molecular weight excluding hydrogens is 469 g/mol. The van der Waals surface area contributed by atoms with Gasteiger partial charge < -0.3 is 0 Å². The molecule has 0 saturated carbocycles. The van der Waals surface area contributed by atoms with Crippen LogP contribution >= 0.6 is 11.6 Å². The molecule has 0 aliphatic carbocycles. The molecule has 1 heterocycles. The molecule has 32 heavy (non-hydrogen) atoms. The summed E-state index contributed by atoms with van der Waals surface area (Å²) in [6.45, 7) is 1.50. The van der Waals surface area contributed by atoms with E-state index in [-0.39, 0.29) is 38.0 Å². The number of nitrogens with zero attached hydrogens (tertiary/aromatic N) is 1. The van der Waals surface area contributed by atoms with Gasteiger partial charge >= 0.3 is 6.18 Å². The highest BCUT2D eigenvalue weighted by molar-refractivity contribution is 7.92. The lowest BCUT2D eigenvalue weighted by atomic mass is 10.0. The second kappa shape index (κ2) is 8.79. The van der Waals surface area contributed by atoms with Crippen molar-refractivity contribution >= 4 is 33.1 Å². The summed E-state index contributed by atoms with van der Waals surface area (Å²) in [4.78, 5) is 12.8. The zero-order valence-corrected chi connectivity index (χ0v) is 18.1. The maximum atomic E-state index is 13.1. The summed E-state index contributed by atoms with van der Waals surface area (Å²) < 4.78 is 66.2. The number of anilines is 1.